The molecular weight excluding hydrogens is 212 g/mol. The zero-order valence-corrected chi connectivity index (χ0v) is 11.7. The predicted octanol–water partition coefficient (Wildman–Crippen LogP) is 3.79. The van der Waals surface area contributed by atoms with E-state index in [-0.39, 0.29) is 11.9 Å². The molecule has 0 aliphatic heterocycles. The second-order valence-corrected chi connectivity index (χ2v) is 7.01. The second-order valence-electron chi connectivity index (χ2n) is 7.01. The second kappa shape index (κ2) is 4.29. The van der Waals surface area contributed by atoms with E-state index in [2.05, 4.69) is 20.8 Å². The molecule has 98 valence electrons. The number of ether oxygens (including phenoxy) is 1. The first kappa shape index (κ1) is 12.9. The number of hydrogen-bond donors (Lipinski definition) is 0. The summed E-state index contributed by atoms with van der Waals surface area (Å²) in [6.07, 6.45) is 6.14. The number of carbonyl (C=O) groups excluding carboxylic acids is 1. The summed E-state index contributed by atoms with van der Waals surface area (Å²) in [6, 6.07) is 0. The Labute approximate surface area is 105 Å². The minimum absolute atomic E-state index is 0.0571. The van der Waals surface area contributed by atoms with E-state index in [9.17, 15) is 4.79 Å². The largest absolute Gasteiger partial charge is 0.466 e. The summed E-state index contributed by atoms with van der Waals surface area (Å²) in [5.74, 6) is 1.11. The van der Waals surface area contributed by atoms with Gasteiger partial charge in [0.25, 0.3) is 0 Å². The minimum atomic E-state index is 0.0571. The Morgan fingerprint density at radius 1 is 1.29 bits per heavy atom. The van der Waals surface area contributed by atoms with E-state index in [1.54, 1.807) is 0 Å². The van der Waals surface area contributed by atoms with E-state index in [1.807, 2.05) is 6.92 Å². The first-order valence-corrected chi connectivity index (χ1v) is 7.06. The standard InChI is InChI=1S/C15H26O2/c1-5-17-13(16)12-10-15(12)8-6-11(7-9-15)14(2,3)4/h11-12H,5-10H2,1-4H3. The van der Waals surface area contributed by atoms with Crippen LogP contribution in [0.2, 0.25) is 0 Å². The molecule has 0 bridgehead atoms. The summed E-state index contributed by atoms with van der Waals surface area (Å²) >= 11 is 0. The third-order valence-electron chi connectivity index (χ3n) is 4.97. The third-order valence-corrected chi connectivity index (χ3v) is 4.97. The zero-order chi connectivity index (χ0) is 12.7. The van der Waals surface area contributed by atoms with Gasteiger partial charge in [0.2, 0.25) is 0 Å². The summed E-state index contributed by atoms with van der Waals surface area (Å²) < 4.78 is 5.15. The molecule has 1 spiro atoms. The highest BCUT2D eigenvalue weighted by molar-refractivity contribution is 5.77. The van der Waals surface area contributed by atoms with Gasteiger partial charge in [0.05, 0.1) is 12.5 Å². The summed E-state index contributed by atoms with van der Waals surface area (Å²) in [4.78, 5) is 11.7. The molecule has 2 saturated carbocycles. The molecule has 0 heterocycles. The Kier molecular flexibility index (Phi) is 3.26. The van der Waals surface area contributed by atoms with Crippen LogP contribution in [-0.2, 0) is 9.53 Å². The van der Waals surface area contributed by atoms with Gasteiger partial charge in [-0.3, -0.25) is 4.79 Å². The average molecular weight is 238 g/mol. The fourth-order valence-corrected chi connectivity index (χ4v) is 3.54. The maximum atomic E-state index is 11.7. The molecule has 0 aromatic heterocycles. The first-order valence-electron chi connectivity index (χ1n) is 7.06. The van der Waals surface area contributed by atoms with Crippen LogP contribution in [0.15, 0.2) is 0 Å². The smallest absolute Gasteiger partial charge is 0.309 e. The molecule has 2 rings (SSSR count). The van der Waals surface area contributed by atoms with Crippen LogP contribution in [0.25, 0.3) is 0 Å². The Balaban J connectivity index is 1.87. The molecule has 0 N–H and O–H groups in total. The minimum Gasteiger partial charge on any atom is -0.466 e. The lowest BCUT2D eigenvalue weighted by molar-refractivity contribution is -0.146. The topological polar surface area (TPSA) is 26.3 Å². The van der Waals surface area contributed by atoms with Crippen LogP contribution in [0.3, 0.4) is 0 Å². The van der Waals surface area contributed by atoms with Crippen LogP contribution >= 0.6 is 0 Å². The van der Waals surface area contributed by atoms with Gasteiger partial charge >= 0.3 is 5.97 Å². The zero-order valence-electron chi connectivity index (χ0n) is 11.7. The summed E-state index contributed by atoms with van der Waals surface area (Å²) in [7, 11) is 0. The van der Waals surface area contributed by atoms with Crippen LogP contribution in [0.4, 0.5) is 0 Å². The van der Waals surface area contributed by atoms with Gasteiger partial charge in [0, 0.05) is 0 Å². The van der Waals surface area contributed by atoms with E-state index in [1.165, 1.54) is 25.7 Å². The van der Waals surface area contributed by atoms with E-state index in [4.69, 9.17) is 4.74 Å². The van der Waals surface area contributed by atoms with E-state index in [0.29, 0.717) is 17.4 Å². The fourth-order valence-electron chi connectivity index (χ4n) is 3.54. The Hall–Kier alpha value is -0.530. The summed E-state index contributed by atoms with van der Waals surface area (Å²) in [5, 5.41) is 0. The quantitative estimate of drug-likeness (QED) is 0.684. The molecule has 0 amide bonds. The van der Waals surface area contributed by atoms with Gasteiger partial charge in [-0.1, -0.05) is 20.8 Å². The van der Waals surface area contributed by atoms with E-state index < -0.39 is 0 Å². The lowest BCUT2D eigenvalue weighted by atomic mass is 9.68. The summed E-state index contributed by atoms with van der Waals surface area (Å²) in [6.45, 7) is 9.43. The molecule has 1 unspecified atom stereocenters. The normalized spacial score (nSPS) is 36.9. The van der Waals surface area contributed by atoms with Crippen LogP contribution in [0.5, 0.6) is 0 Å². The molecule has 0 saturated heterocycles. The van der Waals surface area contributed by atoms with Gasteiger partial charge in [-0.2, -0.15) is 0 Å². The Bertz CT molecular complexity index is 293. The van der Waals surface area contributed by atoms with E-state index in [0.717, 1.165) is 12.3 Å². The molecule has 2 heteroatoms. The molecule has 0 aromatic rings. The van der Waals surface area contributed by atoms with Gasteiger partial charge < -0.3 is 4.74 Å². The summed E-state index contributed by atoms with van der Waals surface area (Å²) in [5.41, 5.74) is 0.768. The van der Waals surface area contributed by atoms with Crippen LogP contribution in [0.1, 0.15) is 59.8 Å². The van der Waals surface area contributed by atoms with Crippen molar-refractivity contribution in [3.8, 4) is 0 Å². The highest BCUT2D eigenvalue weighted by atomic mass is 16.5. The molecule has 2 nitrogen and oxygen atoms in total. The van der Waals surface area contributed by atoms with Crippen LogP contribution in [-0.4, -0.2) is 12.6 Å². The number of rotatable bonds is 2. The maximum absolute atomic E-state index is 11.7. The van der Waals surface area contributed by atoms with Crippen molar-refractivity contribution < 1.29 is 9.53 Å². The van der Waals surface area contributed by atoms with Gasteiger partial charge in [-0.05, 0) is 55.8 Å². The van der Waals surface area contributed by atoms with E-state index >= 15 is 0 Å². The number of hydrogen-bond acceptors (Lipinski definition) is 2. The first-order chi connectivity index (χ1) is 7.89. The number of carbonyl (C=O) groups is 1. The molecule has 0 aromatic carbocycles. The van der Waals surface area contributed by atoms with Crippen molar-refractivity contribution in [2.45, 2.75) is 59.8 Å². The van der Waals surface area contributed by atoms with Gasteiger partial charge in [0.1, 0.15) is 0 Å². The Morgan fingerprint density at radius 3 is 2.35 bits per heavy atom. The molecule has 1 atom stereocenters. The monoisotopic (exact) mass is 238 g/mol. The molecule has 17 heavy (non-hydrogen) atoms. The van der Waals surface area contributed by atoms with Crippen molar-refractivity contribution in [1.29, 1.82) is 0 Å². The van der Waals surface area contributed by atoms with Gasteiger partial charge in [-0.15, -0.1) is 0 Å². The highest BCUT2D eigenvalue weighted by Gasteiger charge is 2.59. The molecule has 2 fully saturated rings. The highest BCUT2D eigenvalue weighted by Crippen LogP contribution is 2.63. The van der Waals surface area contributed by atoms with Crippen LogP contribution < -0.4 is 0 Å². The van der Waals surface area contributed by atoms with Gasteiger partial charge in [0.15, 0.2) is 0 Å². The van der Waals surface area contributed by atoms with Crippen molar-refractivity contribution in [2.24, 2.45) is 22.7 Å². The average Bonchev–Trinajstić information content (AvgIpc) is 2.92. The van der Waals surface area contributed by atoms with Crippen molar-refractivity contribution >= 4 is 5.97 Å². The SMILES string of the molecule is CCOC(=O)C1CC12CCC(C(C)(C)C)CC2. The molecule has 2 aliphatic rings. The van der Waals surface area contributed by atoms with Crippen molar-refractivity contribution in [3.05, 3.63) is 0 Å². The van der Waals surface area contributed by atoms with Gasteiger partial charge in [-0.25, -0.2) is 0 Å². The molecule has 0 radical (unpaired) electrons. The lowest BCUT2D eigenvalue weighted by Gasteiger charge is -2.37. The van der Waals surface area contributed by atoms with Crippen molar-refractivity contribution in [1.82, 2.24) is 0 Å². The molecular formula is C15H26O2. The fraction of sp³-hybridized carbons (Fsp3) is 0.933. The Morgan fingerprint density at radius 2 is 1.88 bits per heavy atom. The predicted molar refractivity (Wildman–Crippen MR) is 68.6 cm³/mol. The number of esters is 1. The third kappa shape index (κ3) is 2.51. The van der Waals surface area contributed by atoms with Crippen LogP contribution in [0, 0.1) is 22.7 Å². The lowest BCUT2D eigenvalue weighted by Crippen LogP contribution is -2.28. The molecule has 2 aliphatic carbocycles. The van der Waals surface area contributed by atoms with Crippen molar-refractivity contribution in [2.75, 3.05) is 6.61 Å². The van der Waals surface area contributed by atoms with Crippen molar-refractivity contribution in [3.63, 3.8) is 0 Å². The maximum Gasteiger partial charge on any atom is 0.309 e.